The number of carbonyl (C=O) groups excluding carboxylic acids is 1. The van der Waals surface area contributed by atoms with Crippen molar-refractivity contribution < 1.29 is 14.6 Å². The zero-order chi connectivity index (χ0) is 16.6. The molecule has 4 nitrogen and oxygen atoms in total. The van der Waals surface area contributed by atoms with Gasteiger partial charge in [0, 0.05) is 0 Å². The van der Waals surface area contributed by atoms with Gasteiger partial charge in [0.05, 0.1) is 7.11 Å². The molecule has 0 aliphatic carbocycles. The summed E-state index contributed by atoms with van der Waals surface area (Å²) in [5.74, 6) is -0.212. The predicted octanol–water partition coefficient (Wildman–Crippen LogP) is 3.16. The molecule has 1 aromatic carbocycles. The normalized spacial score (nSPS) is 13.9. The highest BCUT2D eigenvalue weighted by Gasteiger charge is 2.29. The van der Waals surface area contributed by atoms with Crippen LogP contribution in [0.1, 0.15) is 64.3 Å². The second-order valence-electron chi connectivity index (χ2n) is 7.47. The average Bonchev–Trinajstić information content (AvgIpc) is 2.34. The number of rotatable bonds is 2. The molecule has 3 N–H and O–H groups in total. The summed E-state index contributed by atoms with van der Waals surface area (Å²) in [6.45, 7) is 12.1. The summed E-state index contributed by atoms with van der Waals surface area (Å²) in [4.78, 5) is 11.7. The molecule has 0 fully saturated rings. The van der Waals surface area contributed by atoms with Crippen molar-refractivity contribution in [3.63, 3.8) is 0 Å². The van der Waals surface area contributed by atoms with Crippen molar-refractivity contribution >= 4 is 5.97 Å². The van der Waals surface area contributed by atoms with Gasteiger partial charge in [0.1, 0.15) is 11.8 Å². The van der Waals surface area contributed by atoms with Gasteiger partial charge in [-0.3, -0.25) is 4.79 Å². The van der Waals surface area contributed by atoms with Gasteiger partial charge in [0.15, 0.2) is 0 Å². The third-order valence-electron chi connectivity index (χ3n) is 3.56. The Labute approximate surface area is 127 Å². The van der Waals surface area contributed by atoms with Gasteiger partial charge in [-0.15, -0.1) is 0 Å². The predicted molar refractivity (Wildman–Crippen MR) is 84.5 cm³/mol. The van der Waals surface area contributed by atoms with Crippen LogP contribution in [0.4, 0.5) is 0 Å². The number of hydrogen-bond acceptors (Lipinski definition) is 4. The van der Waals surface area contributed by atoms with E-state index in [1.165, 1.54) is 7.11 Å². The van der Waals surface area contributed by atoms with Crippen molar-refractivity contribution in [2.24, 2.45) is 5.73 Å². The van der Waals surface area contributed by atoms with Crippen LogP contribution in [0, 0.1) is 0 Å². The highest BCUT2D eigenvalue weighted by Crippen LogP contribution is 2.40. The summed E-state index contributed by atoms with van der Waals surface area (Å²) in [6.07, 6.45) is 0. The van der Waals surface area contributed by atoms with Gasteiger partial charge in [-0.05, 0) is 39.7 Å². The molecular weight excluding hydrogens is 266 g/mol. The Hall–Kier alpha value is -1.55. The molecule has 0 radical (unpaired) electrons. The van der Waals surface area contributed by atoms with Crippen molar-refractivity contribution in [3.8, 4) is 5.75 Å². The maximum atomic E-state index is 11.7. The van der Waals surface area contributed by atoms with Gasteiger partial charge < -0.3 is 15.6 Å². The molecule has 1 aromatic rings. The zero-order valence-corrected chi connectivity index (χ0v) is 14.1. The van der Waals surface area contributed by atoms with Gasteiger partial charge in [-0.1, -0.05) is 41.5 Å². The molecule has 0 aromatic heterocycles. The van der Waals surface area contributed by atoms with Crippen molar-refractivity contribution in [2.75, 3.05) is 7.11 Å². The largest absolute Gasteiger partial charge is 0.507 e. The molecular formula is C17H27NO3. The molecule has 118 valence electrons. The van der Waals surface area contributed by atoms with Crippen LogP contribution in [0.15, 0.2) is 12.1 Å². The maximum Gasteiger partial charge on any atom is 0.327 e. The topological polar surface area (TPSA) is 72.5 Å². The van der Waals surface area contributed by atoms with E-state index in [4.69, 9.17) is 10.5 Å². The first-order chi connectivity index (χ1) is 9.39. The summed E-state index contributed by atoms with van der Waals surface area (Å²) in [6, 6.07) is 2.75. The minimum absolute atomic E-state index is 0.254. The number of aromatic hydroxyl groups is 1. The van der Waals surface area contributed by atoms with Gasteiger partial charge >= 0.3 is 5.97 Å². The average molecular weight is 293 g/mol. The molecule has 0 spiro atoms. The number of nitrogens with two attached hydrogens (primary N) is 1. The van der Waals surface area contributed by atoms with Gasteiger partial charge in [-0.2, -0.15) is 0 Å². The Morgan fingerprint density at radius 3 is 1.76 bits per heavy atom. The van der Waals surface area contributed by atoms with Gasteiger partial charge in [0.2, 0.25) is 0 Å². The summed E-state index contributed by atoms with van der Waals surface area (Å²) in [7, 11) is 1.32. The Morgan fingerprint density at radius 1 is 1.10 bits per heavy atom. The lowest BCUT2D eigenvalue weighted by Crippen LogP contribution is -2.25. The number of methoxy groups -OCH3 is 1. The van der Waals surface area contributed by atoms with E-state index in [-0.39, 0.29) is 16.6 Å². The van der Waals surface area contributed by atoms with Crippen molar-refractivity contribution in [3.05, 3.63) is 28.8 Å². The second-order valence-corrected chi connectivity index (χ2v) is 7.47. The van der Waals surface area contributed by atoms with Crippen LogP contribution < -0.4 is 5.73 Å². The first kappa shape index (κ1) is 17.5. The minimum Gasteiger partial charge on any atom is -0.507 e. The number of ether oxygens (including phenoxy) is 1. The molecule has 0 aliphatic rings. The Balaban J connectivity index is 3.59. The van der Waals surface area contributed by atoms with Crippen molar-refractivity contribution in [1.82, 2.24) is 0 Å². The quantitative estimate of drug-likeness (QED) is 0.822. The smallest absolute Gasteiger partial charge is 0.327 e. The fraction of sp³-hybridized carbons (Fsp3) is 0.588. The lowest BCUT2D eigenvalue weighted by Gasteiger charge is -2.29. The van der Waals surface area contributed by atoms with Crippen LogP contribution in [-0.2, 0) is 20.4 Å². The van der Waals surface area contributed by atoms with Crippen LogP contribution in [0.5, 0.6) is 5.75 Å². The molecule has 21 heavy (non-hydrogen) atoms. The van der Waals surface area contributed by atoms with Crippen LogP contribution >= 0.6 is 0 Å². The Kier molecular flexibility index (Phi) is 4.73. The molecule has 0 aliphatic heterocycles. The fourth-order valence-corrected chi connectivity index (χ4v) is 2.24. The van der Waals surface area contributed by atoms with E-state index >= 15 is 0 Å². The summed E-state index contributed by atoms with van der Waals surface area (Å²) in [5.41, 5.74) is 7.68. The van der Waals surface area contributed by atoms with Crippen LogP contribution in [0.2, 0.25) is 0 Å². The zero-order valence-electron chi connectivity index (χ0n) is 14.1. The third kappa shape index (κ3) is 3.76. The fourth-order valence-electron chi connectivity index (χ4n) is 2.24. The number of hydrogen-bond donors (Lipinski definition) is 2. The number of phenols is 1. The van der Waals surface area contributed by atoms with Crippen molar-refractivity contribution in [1.29, 1.82) is 0 Å². The lowest BCUT2D eigenvalue weighted by atomic mass is 9.78. The summed E-state index contributed by atoms with van der Waals surface area (Å²) in [5, 5.41) is 10.6. The van der Waals surface area contributed by atoms with E-state index in [0.717, 1.165) is 11.1 Å². The number of esters is 1. The first-order valence-corrected chi connectivity index (χ1v) is 7.11. The molecule has 4 heteroatoms. The second kappa shape index (κ2) is 5.68. The maximum absolute atomic E-state index is 11.7. The third-order valence-corrected chi connectivity index (χ3v) is 3.56. The van der Waals surface area contributed by atoms with E-state index in [9.17, 15) is 9.90 Å². The van der Waals surface area contributed by atoms with Crippen molar-refractivity contribution in [2.45, 2.75) is 58.4 Å². The molecule has 0 unspecified atom stereocenters. The number of benzene rings is 1. The molecule has 1 atom stereocenters. The standard InChI is InChI=1S/C17H27NO3/c1-16(2,3)11-8-10(13(18)15(20)21-7)9-12(14(11)19)17(4,5)6/h8-9,13,19H,18H2,1-7H3/t13-/m1/s1. The van der Waals surface area contributed by atoms with E-state index in [1.807, 2.05) is 41.5 Å². The highest BCUT2D eigenvalue weighted by atomic mass is 16.5. The van der Waals surface area contributed by atoms with E-state index in [1.54, 1.807) is 12.1 Å². The SMILES string of the molecule is COC(=O)[C@H](N)c1cc(C(C)(C)C)c(O)c(C(C)(C)C)c1. The van der Waals surface area contributed by atoms with E-state index in [0.29, 0.717) is 5.56 Å². The van der Waals surface area contributed by atoms with Crippen LogP contribution in [0.25, 0.3) is 0 Å². The van der Waals surface area contributed by atoms with Crippen LogP contribution in [0.3, 0.4) is 0 Å². The van der Waals surface area contributed by atoms with Gasteiger partial charge in [-0.25, -0.2) is 0 Å². The molecule has 0 saturated carbocycles. The van der Waals surface area contributed by atoms with E-state index < -0.39 is 12.0 Å². The number of carbonyl (C=O) groups is 1. The molecule has 1 rings (SSSR count). The Bertz CT molecular complexity index is 501. The first-order valence-electron chi connectivity index (χ1n) is 7.11. The molecule has 0 heterocycles. The Morgan fingerprint density at radius 2 is 1.48 bits per heavy atom. The summed E-state index contributed by atoms with van der Waals surface area (Å²) >= 11 is 0. The number of phenolic OH excluding ortho intramolecular Hbond substituents is 1. The molecule has 0 amide bonds. The van der Waals surface area contributed by atoms with E-state index in [2.05, 4.69) is 0 Å². The minimum atomic E-state index is -0.849. The summed E-state index contributed by atoms with van der Waals surface area (Å²) < 4.78 is 4.72. The van der Waals surface area contributed by atoms with Gasteiger partial charge in [0.25, 0.3) is 0 Å². The highest BCUT2D eigenvalue weighted by molar-refractivity contribution is 5.77. The van der Waals surface area contributed by atoms with Crippen LogP contribution in [-0.4, -0.2) is 18.2 Å². The molecule has 0 bridgehead atoms. The lowest BCUT2D eigenvalue weighted by molar-refractivity contribution is -0.142. The monoisotopic (exact) mass is 293 g/mol. The molecule has 0 saturated heterocycles.